The van der Waals surface area contributed by atoms with Gasteiger partial charge in [-0.15, -0.1) is 0 Å². The molecule has 2 aliphatic heterocycles. The first-order chi connectivity index (χ1) is 14.4. The van der Waals surface area contributed by atoms with Crippen LogP contribution in [0.2, 0.25) is 0 Å². The van der Waals surface area contributed by atoms with E-state index >= 15 is 0 Å². The van der Waals surface area contributed by atoms with Crippen molar-refractivity contribution in [1.82, 2.24) is 20.4 Å². The molecule has 7 nitrogen and oxygen atoms in total. The molecule has 2 saturated heterocycles. The Balaban J connectivity index is 1.28. The van der Waals surface area contributed by atoms with Gasteiger partial charge in [0.1, 0.15) is 12.4 Å². The maximum Gasteiger partial charge on any atom is 0.325 e. The van der Waals surface area contributed by atoms with Crippen molar-refractivity contribution >= 4 is 17.8 Å². The highest BCUT2D eigenvalue weighted by atomic mass is 19.1. The Bertz CT molecular complexity index is 783. The van der Waals surface area contributed by atoms with Crippen LogP contribution in [0.25, 0.3) is 0 Å². The summed E-state index contributed by atoms with van der Waals surface area (Å²) in [6.45, 7) is 2.47. The lowest BCUT2D eigenvalue weighted by atomic mass is 9.78. The average Bonchev–Trinajstić information content (AvgIpc) is 3.33. The quantitative estimate of drug-likeness (QED) is 0.693. The maximum absolute atomic E-state index is 13.4. The lowest BCUT2D eigenvalue weighted by Crippen LogP contribution is -2.50. The van der Waals surface area contributed by atoms with Crippen LogP contribution in [-0.4, -0.2) is 66.4 Å². The molecular weight excluding hydrogens is 387 g/mol. The highest BCUT2D eigenvalue weighted by Gasteiger charge is 2.38. The zero-order chi connectivity index (χ0) is 21.1. The lowest BCUT2D eigenvalue weighted by molar-refractivity contribution is -0.131. The van der Waals surface area contributed by atoms with Crippen molar-refractivity contribution < 1.29 is 18.8 Å². The van der Waals surface area contributed by atoms with Crippen molar-refractivity contribution in [2.75, 3.05) is 32.7 Å². The fourth-order valence-electron chi connectivity index (χ4n) is 5.09. The lowest BCUT2D eigenvalue weighted by Gasteiger charge is -2.39. The molecule has 1 aromatic carbocycles. The highest BCUT2D eigenvalue weighted by molar-refractivity contribution is 6.04. The van der Waals surface area contributed by atoms with E-state index in [9.17, 15) is 18.8 Å². The molecule has 0 bridgehead atoms. The third-order valence-corrected chi connectivity index (χ3v) is 6.73. The van der Waals surface area contributed by atoms with E-state index in [0.717, 1.165) is 50.2 Å². The standard InChI is InChI=1S/C22H29FN4O3/c23-17-5-3-16(4-6-17)22(9-1-2-10-22)15-26-11-7-18(8-12-26)25-19(28)14-27-20(29)13-24-21(27)30/h3-6,18H,1-2,7-15H2,(H,24,30)(H,25,28). The van der Waals surface area contributed by atoms with E-state index in [1.807, 2.05) is 12.1 Å². The number of imide groups is 1. The van der Waals surface area contributed by atoms with Crippen LogP contribution in [-0.2, 0) is 15.0 Å². The summed E-state index contributed by atoms with van der Waals surface area (Å²) in [5.74, 6) is -0.860. The number of likely N-dealkylation sites (tertiary alicyclic amines) is 1. The van der Waals surface area contributed by atoms with Crippen LogP contribution in [0.3, 0.4) is 0 Å². The highest BCUT2D eigenvalue weighted by Crippen LogP contribution is 2.42. The molecule has 4 rings (SSSR count). The molecule has 4 amide bonds. The Hall–Kier alpha value is -2.48. The van der Waals surface area contributed by atoms with Gasteiger partial charge in [-0.1, -0.05) is 25.0 Å². The number of nitrogens with one attached hydrogen (secondary N) is 2. The zero-order valence-electron chi connectivity index (χ0n) is 17.2. The van der Waals surface area contributed by atoms with Crippen molar-refractivity contribution in [3.8, 4) is 0 Å². The molecule has 8 heteroatoms. The van der Waals surface area contributed by atoms with Gasteiger partial charge in [0.2, 0.25) is 5.91 Å². The van der Waals surface area contributed by atoms with Crippen molar-refractivity contribution in [2.24, 2.45) is 0 Å². The van der Waals surface area contributed by atoms with Crippen LogP contribution in [0.5, 0.6) is 0 Å². The fraction of sp³-hybridized carbons (Fsp3) is 0.591. The largest absolute Gasteiger partial charge is 0.352 e. The monoisotopic (exact) mass is 416 g/mol. The van der Waals surface area contributed by atoms with Crippen molar-refractivity contribution in [3.63, 3.8) is 0 Å². The van der Waals surface area contributed by atoms with Gasteiger partial charge in [-0.05, 0) is 43.4 Å². The molecule has 1 saturated carbocycles. The molecule has 2 heterocycles. The van der Waals surface area contributed by atoms with Gasteiger partial charge in [-0.2, -0.15) is 0 Å². The number of rotatable bonds is 6. The van der Waals surface area contributed by atoms with Crippen molar-refractivity contribution in [1.29, 1.82) is 0 Å². The number of carbonyl (C=O) groups is 3. The van der Waals surface area contributed by atoms with Crippen molar-refractivity contribution in [3.05, 3.63) is 35.6 Å². The SMILES string of the molecule is O=C(CN1C(=O)CNC1=O)NC1CCN(CC2(c3ccc(F)cc3)CCCC2)CC1. The van der Waals surface area contributed by atoms with E-state index in [4.69, 9.17) is 0 Å². The van der Waals surface area contributed by atoms with Gasteiger partial charge in [-0.25, -0.2) is 9.18 Å². The minimum atomic E-state index is -0.507. The fourth-order valence-corrected chi connectivity index (χ4v) is 5.09. The van der Waals surface area contributed by atoms with Gasteiger partial charge >= 0.3 is 6.03 Å². The van der Waals surface area contributed by atoms with E-state index in [1.165, 1.54) is 18.4 Å². The Morgan fingerprint density at radius 3 is 2.40 bits per heavy atom. The number of halogens is 1. The Labute approximate surface area is 176 Å². The molecule has 1 aliphatic carbocycles. The second kappa shape index (κ2) is 8.71. The normalized spacial score (nSPS) is 22.4. The molecule has 0 atom stereocenters. The number of piperidine rings is 1. The number of hydrogen-bond acceptors (Lipinski definition) is 4. The first kappa shape index (κ1) is 20.8. The molecule has 0 aromatic heterocycles. The van der Waals surface area contributed by atoms with Crippen molar-refractivity contribution in [2.45, 2.75) is 50.0 Å². The van der Waals surface area contributed by atoms with Crippen LogP contribution in [0.15, 0.2) is 24.3 Å². The predicted molar refractivity (Wildman–Crippen MR) is 109 cm³/mol. The molecule has 30 heavy (non-hydrogen) atoms. The molecule has 162 valence electrons. The van der Waals surface area contributed by atoms with Gasteiger partial charge in [0, 0.05) is 31.1 Å². The minimum absolute atomic E-state index is 0.0414. The summed E-state index contributed by atoms with van der Waals surface area (Å²) in [6.07, 6.45) is 6.33. The average molecular weight is 416 g/mol. The Morgan fingerprint density at radius 1 is 1.13 bits per heavy atom. The molecule has 3 fully saturated rings. The number of nitrogens with zero attached hydrogens (tertiary/aromatic N) is 2. The molecular formula is C22H29FN4O3. The van der Waals surface area contributed by atoms with Crippen LogP contribution >= 0.6 is 0 Å². The van der Waals surface area contributed by atoms with E-state index < -0.39 is 6.03 Å². The molecule has 1 aromatic rings. The number of carbonyl (C=O) groups excluding carboxylic acids is 3. The topological polar surface area (TPSA) is 81.8 Å². The Kier molecular flexibility index (Phi) is 6.04. The minimum Gasteiger partial charge on any atom is -0.352 e. The number of urea groups is 1. The van der Waals surface area contributed by atoms with Crippen LogP contribution in [0, 0.1) is 5.82 Å². The third-order valence-electron chi connectivity index (χ3n) is 6.73. The van der Waals surface area contributed by atoms with E-state index in [1.54, 1.807) is 12.1 Å². The predicted octanol–water partition coefficient (Wildman–Crippen LogP) is 1.77. The van der Waals surface area contributed by atoms with Gasteiger partial charge in [0.05, 0.1) is 6.54 Å². The molecule has 0 spiro atoms. The van der Waals surface area contributed by atoms with Gasteiger partial charge in [-0.3, -0.25) is 14.5 Å². The molecule has 0 unspecified atom stereocenters. The first-order valence-corrected chi connectivity index (χ1v) is 10.8. The van der Waals surface area contributed by atoms with E-state index in [0.29, 0.717) is 0 Å². The second-order valence-electron chi connectivity index (χ2n) is 8.75. The van der Waals surface area contributed by atoms with E-state index in [2.05, 4.69) is 15.5 Å². The van der Waals surface area contributed by atoms with Crippen LogP contribution in [0.1, 0.15) is 44.1 Å². The summed E-state index contributed by atoms with van der Waals surface area (Å²) in [5, 5.41) is 5.39. The smallest absolute Gasteiger partial charge is 0.325 e. The molecule has 3 aliphatic rings. The maximum atomic E-state index is 13.4. The first-order valence-electron chi connectivity index (χ1n) is 10.8. The molecule has 2 N–H and O–H groups in total. The van der Waals surface area contributed by atoms with E-state index in [-0.39, 0.29) is 42.2 Å². The van der Waals surface area contributed by atoms with Crippen LogP contribution in [0.4, 0.5) is 9.18 Å². The van der Waals surface area contributed by atoms with Crippen LogP contribution < -0.4 is 10.6 Å². The summed E-state index contributed by atoms with van der Waals surface area (Å²) >= 11 is 0. The Morgan fingerprint density at radius 2 is 1.80 bits per heavy atom. The third kappa shape index (κ3) is 4.48. The summed E-state index contributed by atoms with van der Waals surface area (Å²) < 4.78 is 13.4. The van der Waals surface area contributed by atoms with Gasteiger partial charge < -0.3 is 15.5 Å². The van der Waals surface area contributed by atoms with Gasteiger partial charge in [0.25, 0.3) is 5.91 Å². The summed E-state index contributed by atoms with van der Waals surface area (Å²) in [7, 11) is 0. The second-order valence-corrected chi connectivity index (χ2v) is 8.75. The summed E-state index contributed by atoms with van der Waals surface area (Å²) in [6, 6.07) is 6.53. The number of hydrogen-bond donors (Lipinski definition) is 2. The number of benzene rings is 1. The number of amides is 4. The zero-order valence-corrected chi connectivity index (χ0v) is 17.2. The summed E-state index contributed by atoms with van der Waals surface area (Å²) in [5.41, 5.74) is 1.32. The summed E-state index contributed by atoms with van der Waals surface area (Å²) in [4.78, 5) is 38.9. The van der Waals surface area contributed by atoms with Gasteiger partial charge in [0.15, 0.2) is 0 Å². The molecule has 0 radical (unpaired) electrons.